The van der Waals surface area contributed by atoms with Gasteiger partial charge in [0.05, 0.1) is 13.1 Å². The lowest BCUT2D eigenvalue weighted by molar-refractivity contribution is -0.130. The van der Waals surface area contributed by atoms with Gasteiger partial charge in [0, 0.05) is 6.54 Å². The highest BCUT2D eigenvalue weighted by Gasteiger charge is 2.34. The van der Waals surface area contributed by atoms with Gasteiger partial charge in [-0.05, 0) is 40.0 Å². The van der Waals surface area contributed by atoms with E-state index >= 15 is 0 Å². The molecule has 0 saturated carbocycles. The van der Waals surface area contributed by atoms with Crippen molar-refractivity contribution in [1.82, 2.24) is 15.5 Å². The minimum atomic E-state index is -0.620. The lowest BCUT2D eigenvalue weighted by Crippen LogP contribution is -2.54. The number of likely N-dealkylation sites (tertiary alicyclic amines) is 1. The summed E-state index contributed by atoms with van der Waals surface area (Å²) < 4.78 is 5.34. The first-order valence-corrected chi connectivity index (χ1v) is 7.72. The monoisotopic (exact) mass is 323 g/mol. The molecule has 1 saturated heterocycles. The number of ether oxygens (including phenoxy) is 1. The molecule has 1 rings (SSSR count). The van der Waals surface area contributed by atoms with E-state index < -0.39 is 17.7 Å². The zero-order valence-corrected chi connectivity index (χ0v) is 14.0. The lowest BCUT2D eigenvalue weighted by Gasteiger charge is -2.35. The molecule has 1 aliphatic rings. The average Bonchev–Trinajstić information content (AvgIpc) is 2.48. The smallest absolute Gasteiger partial charge is 0.410 e. The third-order valence-corrected chi connectivity index (χ3v) is 3.24. The molecule has 0 bridgehead atoms. The van der Waals surface area contributed by atoms with Crippen LogP contribution in [-0.4, -0.2) is 54.1 Å². The molecule has 1 aliphatic heterocycles. The van der Waals surface area contributed by atoms with Crippen LogP contribution in [-0.2, 0) is 14.3 Å². The second-order valence-electron chi connectivity index (χ2n) is 6.38. The summed E-state index contributed by atoms with van der Waals surface area (Å²) in [5.41, 5.74) is -0.620. The first-order valence-electron chi connectivity index (χ1n) is 7.72. The third-order valence-electron chi connectivity index (χ3n) is 3.24. The Morgan fingerprint density at radius 1 is 1.26 bits per heavy atom. The molecule has 0 aromatic rings. The molecule has 1 heterocycles. The largest absolute Gasteiger partial charge is 0.444 e. The molecule has 23 heavy (non-hydrogen) atoms. The second kappa shape index (κ2) is 8.42. The second-order valence-corrected chi connectivity index (χ2v) is 6.38. The van der Waals surface area contributed by atoms with E-state index in [0.29, 0.717) is 13.0 Å². The van der Waals surface area contributed by atoms with E-state index in [9.17, 15) is 14.4 Å². The molecule has 0 aromatic carbocycles. The number of piperidine rings is 1. The van der Waals surface area contributed by atoms with Crippen molar-refractivity contribution < 1.29 is 19.1 Å². The Labute approximate surface area is 137 Å². The molecular formula is C16H25N3O4. The van der Waals surface area contributed by atoms with Gasteiger partial charge in [-0.25, -0.2) is 4.79 Å². The molecule has 0 unspecified atom stereocenters. The van der Waals surface area contributed by atoms with E-state index in [1.807, 2.05) is 0 Å². The Morgan fingerprint density at radius 2 is 1.96 bits per heavy atom. The minimum absolute atomic E-state index is 0.113. The molecule has 1 fully saturated rings. The standard InChI is InChI=1S/C16H25N3O4/c1-5-9-17-13(20)11-18-14(21)12-8-6-7-10-19(12)15(22)23-16(2,3)4/h1,12H,6-11H2,2-4H3,(H,17,20)(H,18,21)/t12-/m0/s1. The van der Waals surface area contributed by atoms with Gasteiger partial charge >= 0.3 is 6.09 Å². The molecular weight excluding hydrogens is 298 g/mol. The fraction of sp³-hybridized carbons (Fsp3) is 0.688. The Balaban J connectivity index is 2.60. The average molecular weight is 323 g/mol. The SMILES string of the molecule is C#CCNC(=O)CNC(=O)[C@@H]1CCCCN1C(=O)OC(C)(C)C. The maximum atomic E-state index is 12.3. The van der Waals surface area contributed by atoms with Crippen LogP contribution in [0.2, 0.25) is 0 Å². The van der Waals surface area contributed by atoms with Gasteiger partial charge < -0.3 is 15.4 Å². The highest BCUT2D eigenvalue weighted by atomic mass is 16.6. The van der Waals surface area contributed by atoms with Crippen LogP contribution in [0.1, 0.15) is 40.0 Å². The van der Waals surface area contributed by atoms with Crippen LogP contribution in [0.25, 0.3) is 0 Å². The summed E-state index contributed by atoms with van der Waals surface area (Å²) in [5, 5.41) is 5.00. The summed E-state index contributed by atoms with van der Waals surface area (Å²) in [7, 11) is 0. The zero-order valence-electron chi connectivity index (χ0n) is 14.0. The minimum Gasteiger partial charge on any atom is -0.444 e. The van der Waals surface area contributed by atoms with Gasteiger partial charge in [-0.15, -0.1) is 6.42 Å². The molecule has 0 aliphatic carbocycles. The van der Waals surface area contributed by atoms with Gasteiger partial charge in [0.15, 0.2) is 0 Å². The van der Waals surface area contributed by atoms with Crippen molar-refractivity contribution in [3.05, 3.63) is 0 Å². The van der Waals surface area contributed by atoms with E-state index in [2.05, 4.69) is 16.6 Å². The van der Waals surface area contributed by atoms with Gasteiger partial charge in [0.1, 0.15) is 11.6 Å². The Morgan fingerprint density at radius 3 is 2.57 bits per heavy atom. The van der Waals surface area contributed by atoms with Crippen molar-refractivity contribution in [3.8, 4) is 12.3 Å². The van der Waals surface area contributed by atoms with Crippen molar-refractivity contribution >= 4 is 17.9 Å². The highest BCUT2D eigenvalue weighted by molar-refractivity contribution is 5.89. The van der Waals surface area contributed by atoms with Gasteiger partial charge in [0.25, 0.3) is 0 Å². The van der Waals surface area contributed by atoms with Crippen LogP contribution in [0, 0.1) is 12.3 Å². The van der Waals surface area contributed by atoms with Crippen molar-refractivity contribution in [2.24, 2.45) is 0 Å². The van der Waals surface area contributed by atoms with Crippen LogP contribution in [0.4, 0.5) is 4.79 Å². The maximum absolute atomic E-state index is 12.3. The summed E-state index contributed by atoms with van der Waals surface area (Å²) in [6.45, 7) is 5.75. The molecule has 128 valence electrons. The summed E-state index contributed by atoms with van der Waals surface area (Å²) in [6.07, 6.45) is 6.76. The van der Waals surface area contributed by atoms with Crippen molar-refractivity contribution in [3.63, 3.8) is 0 Å². The molecule has 7 heteroatoms. The fourth-order valence-corrected chi connectivity index (χ4v) is 2.24. The summed E-state index contributed by atoms with van der Waals surface area (Å²) in [6, 6.07) is -0.612. The maximum Gasteiger partial charge on any atom is 0.410 e. The third kappa shape index (κ3) is 6.59. The molecule has 0 spiro atoms. The molecule has 0 radical (unpaired) electrons. The Kier molecular flexibility index (Phi) is 6.89. The number of terminal acetylenes is 1. The van der Waals surface area contributed by atoms with Gasteiger partial charge in [-0.1, -0.05) is 5.92 Å². The van der Waals surface area contributed by atoms with Crippen LogP contribution in [0.3, 0.4) is 0 Å². The summed E-state index contributed by atoms with van der Waals surface area (Å²) in [5.74, 6) is 1.56. The van der Waals surface area contributed by atoms with Crippen LogP contribution >= 0.6 is 0 Å². The fourth-order valence-electron chi connectivity index (χ4n) is 2.24. The number of hydrogen-bond donors (Lipinski definition) is 2. The number of hydrogen-bond acceptors (Lipinski definition) is 4. The molecule has 7 nitrogen and oxygen atoms in total. The topological polar surface area (TPSA) is 87.7 Å². The van der Waals surface area contributed by atoms with E-state index in [1.165, 1.54) is 4.90 Å². The van der Waals surface area contributed by atoms with Gasteiger partial charge in [-0.3, -0.25) is 14.5 Å². The number of nitrogens with one attached hydrogen (secondary N) is 2. The number of nitrogens with zero attached hydrogens (tertiary/aromatic N) is 1. The van der Waals surface area contributed by atoms with Crippen molar-refractivity contribution in [1.29, 1.82) is 0 Å². The predicted molar refractivity (Wildman–Crippen MR) is 85.4 cm³/mol. The Bertz CT molecular complexity index is 491. The highest BCUT2D eigenvalue weighted by Crippen LogP contribution is 2.20. The van der Waals surface area contributed by atoms with Crippen molar-refractivity contribution in [2.45, 2.75) is 51.7 Å². The number of amides is 3. The van der Waals surface area contributed by atoms with E-state index in [0.717, 1.165) is 12.8 Å². The normalized spacial score (nSPS) is 17.8. The van der Waals surface area contributed by atoms with E-state index in [4.69, 9.17) is 11.2 Å². The number of carbonyl (C=O) groups excluding carboxylic acids is 3. The van der Waals surface area contributed by atoms with Crippen LogP contribution < -0.4 is 10.6 Å². The quantitative estimate of drug-likeness (QED) is 0.743. The van der Waals surface area contributed by atoms with Crippen molar-refractivity contribution in [2.75, 3.05) is 19.6 Å². The number of rotatable bonds is 4. The first kappa shape index (κ1) is 18.8. The summed E-state index contributed by atoms with van der Waals surface area (Å²) >= 11 is 0. The van der Waals surface area contributed by atoms with E-state index in [-0.39, 0.29) is 24.9 Å². The van der Waals surface area contributed by atoms with Crippen LogP contribution in [0.15, 0.2) is 0 Å². The molecule has 0 aromatic heterocycles. The van der Waals surface area contributed by atoms with Gasteiger partial charge in [-0.2, -0.15) is 0 Å². The summed E-state index contributed by atoms with van der Waals surface area (Å²) in [4.78, 5) is 37.4. The molecule has 1 atom stereocenters. The lowest BCUT2D eigenvalue weighted by atomic mass is 10.0. The molecule has 3 amide bonds. The Hall–Kier alpha value is -2.23. The van der Waals surface area contributed by atoms with Gasteiger partial charge in [0.2, 0.25) is 11.8 Å². The molecule has 2 N–H and O–H groups in total. The van der Waals surface area contributed by atoms with Crippen LogP contribution in [0.5, 0.6) is 0 Å². The zero-order chi connectivity index (χ0) is 17.5. The predicted octanol–water partition coefficient (Wildman–Crippen LogP) is 0.642. The number of carbonyl (C=O) groups is 3. The van der Waals surface area contributed by atoms with E-state index in [1.54, 1.807) is 20.8 Å². The first-order chi connectivity index (χ1) is 10.7.